The van der Waals surface area contributed by atoms with E-state index in [0.29, 0.717) is 6.54 Å². The smallest absolute Gasteiger partial charge is 0.317 e. The second-order valence-corrected chi connectivity index (χ2v) is 2.47. The van der Waals surface area contributed by atoms with Crippen LogP contribution in [0.15, 0.2) is 0 Å². The first-order valence-corrected chi connectivity index (χ1v) is 3.56. The van der Waals surface area contributed by atoms with Crippen LogP contribution >= 0.6 is 0 Å². The van der Waals surface area contributed by atoms with E-state index in [1.807, 2.05) is 0 Å². The first-order chi connectivity index (χ1) is 5.52. The van der Waals surface area contributed by atoms with Crippen LogP contribution in [-0.4, -0.2) is 48.7 Å². The molecule has 0 rings (SSSR count). The zero-order chi connectivity index (χ0) is 9.56. The highest BCUT2D eigenvalue weighted by atomic mass is 16.5. The number of carboxylic acid groups (broad SMARTS) is 1. The SMILES string of the molecule is CC(=O)OCCN(C)CC(=O)O. The summed E-state index contributed by atoms with van der Waals surface area (Å²) in [4.78, 5) is 22.0. The zero-order valence-electron chi connectivity index (χ0n) is 7.24. The van der Waals surface area contributed by atoms with E-state index in [4.69, 9.17) is 5.11 Å². The lowest BCUT2D eigenvalue weighted by Crippen LogP contribution is -2.29. The van der Waals surface area contributed by atoms with Crippen LogP contribution in [0.2, 0.25) is 0 Å². The summed E-state index contributed by atoms with van der Waals surface area (Å²) < 4.78 is 4.62. The summed E-state index contributed by atoms with van der Waals surface area (Å²) in [6.45, 7) is 1.95. The number of carbonyl (C=O) groups excluding carboxylic acids is 1. The average Bonchev–Trinajstić information content (AvgIpc) is 1.84. The fourth-order valence-corrected chi connectivity index (χ4v) is 0.655. The third kappa shape index (κ3) is 7.01. The number of aliphatic carboxylic acids is 1. The van der Waals surface area contributed by atoms with Gasteiger partial charge in [0.2, 0.25) is 0 Å². The molecular formula is C7H13NO4. The van der Waals surface area contributed by atoms with E-state index in [-0.39, 0.29) is 19.1 Å². The molecule has 12 heavy (non-hydrogen) atoms. The van der Waals surface area contributed by atoms with E-state index >= 15 is 0 Å². The number of ether oxygens (including phenoxy) is 1. The molecule has 0 bridgehead atoms. The van der Waals surface area contributed by atoms with Gasteiger partial charge in [-0.3, -0.25) is 14.5 Å². The minimum Gasteiger partial charge on any atom is -0.480 e. The molecule has 0 heterocycles. The minimum absolute atomic E-state index is 0.0404. The van der Waals surface area contributed by atoms with Crippen LogP contribution in [0, 0.1) is 0 Å². The molecule has 5 heteroatoms. The quantitative estimate of drug-likeness (QED) is 0.574. The van der Waals surface area contributed by atoms with E-state index in [1.165, 1.54) is 6.92 Å². The van der Waals surface area contributed by atoms with Gasteiger partial charge in [0.25, 0.3) is 0 Å². The van der Waals surface area contributed by atoms with Crippen molar-refractivity contribution >= 4 is 11.9 Å². The summed E-state index contributed by atoms with van der Waals surface area (Å²) in [5.74, 6) is -1.24. The summed E-state index contributed by atoms with van der Waals surface area (Å²) in [6, 6.07) is 0. The molecule has 0 aliphatic heterocycles. The maximum absolute atomic E-state index is 10.3. The number of nitrogens with zero attached hydrogens (tertiary/aromatic N) is 1. The van der Waals surface area contributed by atoms with Crippen molar-refractivity contribution in [3.63, 3.8) is 0 Å². The van der Waals surface area contributed by atoms with Crippen LogP contribution in [0.4, 0.5) is 0 Å². The van der Waals surface area contributed by atoms with Gasteiger partial charge in [0.15, 0.2) is 0 Å². The largest absolute Gasteiger partial charge is 0.480 e. The second-order valence-electron chi connectivity index (χ2n) is 2.47. The summed E-state index contributed by atoms with van der Waals surface area (Å²) in [7, 11) is 1.65. The molecule has 0 saturated heterocycles. The number of hydrogen-bond acceptors (Lipinski definition) is 4. The van der Waals surface area contributed by atoms with Gasteiger partial charge >= 0.3 is 11.9 Å². The zero-order valence-corrected chi connectivity index (χ0v) is 7.24. The van der Waals surface area contributed by atoms with Crippen LogP contribution in [0.1, 0.15) is 6.92 Å². The fraction of sp³-hybridized carbons (Fsp3) is 0.714. The third-order valence-electron chi connectivity index (χ3n) is 1.18. The first-order valence-electron chi connectivity index (χ1n) is 3.56. The topological polar surface area (TPSA) is 66.8 Å². The monoisotopic (exact) mass is 175 g/mol. The van der Waals surface area contributed by atoms with Crippen molar-refractivity contribution in [3.05, 3.63) is 0 Å². The lowest BCUT2D eigenvalue weighted by Gasteiger charge is -2.12. The van der Waals surface area contributed by atoms with Gasteiger partial charge < -0.3 is 9.84 Å². The maximum atomic E-state index is 10.3. The molecule has 0 amide bonds. The number of esters is 1. The van der Waals surface area contributed by atoms with Gasteiger partial charge in [-0.25, -0.2) is 0 Å². The van der Waals surface area contributed by atoms with Crippen molar-refractivity contribution in [3.8, 4) is 0 Å². The summed E-state index contributed by atoms with van der Waals surface area (Å²) in [5, 5.41) is 8.34. The van der Waals surface area contributed by atoms with Crippen LogP contribution in [0.25, 0.3) is 0 Å². The third-order valence-corrected chi connectivity index (χ3v) is 1.18. The van der Waals surface area contributed by atoms with Crippen LogP contribution < -0.4 is 0 Å². The lowest BCUT2D eigenvalue weighted by molar-refractivity contribution is -0.141. The van der Waals surface area contributed by atoms with Crippen molar-refractivity contribution in [1.29, 1.82) is 0 Å². The normalized spacial score (nSPS) is 9.92. The Balaban J connectivity index is 3.37. The van der Waals surface area contributed by atoms with Gasteiger partial charge in [-0.15, -0.1) is 0 Å². The molecule has 1 N–H and O–H groups in total. The molecule has 0 atom stereocenters. The number of hydrogen-bond donors (Lipinski definition) is 1. The van der Waals surface area contributed by atoms with Gasteiger partial charge in [-0.2, -0.15) is 0 Å². The van der Waals surface area contributed by atoms with Crippen LogP contribution in [0.5, 0.6) is 0 Å². The molecular weight excluding hydrogens is 162 g/mol. The van der Waals surface area contributed by atoms with Gasteiger partial charge in [-0.1, -0.05) is 0 Å². The molecule has 0 radical (unpaired) electrons. The predicted molar refractivity (Wildman–Crippen MR) is 41.8 cm³/mol. The Morgan fingerprint density at radius 1 is 1.50 bits per heavy atom. The number of rotatable bonds is 5. The molecule has 0 saturated carbocycles. The molecule has 5 nitrogen and oxygen atoms in total. The summed E-state index contributed by atoms with van der Waals surface area (Å²) >= 11 is 0. The Labute approximate surface area is 70.9 Å². The molecule has 0 fully saturated rings. The van der Waals surface area contributed by atoms with E-state index < -0.39 is 5.97 Å². The highest BCUT2D eigenvalue weighted by Crippen LogP contribution is 1.83. The Hall–Kier alpha value is -1.10. The van der Waals surface area contributed by atoms with E-state index in [9.17, 15) is 9.59 Å². The molecule has 0 aromatic heterocycles. The maximum Gasteiger partial charge on any atom is 0.317 e. The fourth-order valence-electron chi connectivity index (χ4n) is 0.655. The summed E-state index contributed by atoms with van der Waals surface area (Å²) in [5.41, 5.74) is 0. The van der Waals surface area contributed by atoms with Crippen molar-refractivity contribution < 1.29 is 19.4 Å². The van der Waals surface area contributed by atoms with Gasteiger partial charge in [0, 0.05) is 13.5 Å². The van der Waals surface area contributed by atoms with Crippen LogP contribution in [0.3, 0.4) is 0 Å². The first kappa shape index (κ1) is 10.9. The molecule has 0 aromatic carbocycles. The van der Waals surface area contributed by atoms with Crippen molar-refractivity contribution in [2.45, 2.75) is 6.92 Å². The molecule has 0 unspecified atom stereocenters. The lowest BCUT2D eigenvalue weighted by atomic mass is 10.5. The van der Waals surface area contributed by atoms with Crippen molar-refractivity contribution in [2.75, 3.05) is 26.7 Å². The van der Waals surface area contributed by atoms with Crippen molar-refractivity contribution in [1.82, 2.24) is 4.90 Å². The van der Waals surface area contributed by atoms with E-state index in [2.05, 4.69) is 4.74 Å². The van der Waals surface area contributed by atoms with Gasteiger partial charge in [0.1, 0.15) is 6.61 Å². The Kier molecular flexibility index (Phi) is 5.03. The number of carboxylic acids is 1. The van der Waals surface area contributed by atoms with E-state index in [0.717, 1.165) is 0 Å². The van der Waals surface area contributed by atoms with E-state index in [1.54, 1.807) is 11.9 Å². The standard InChI is InChI=1S/C7H13NO4/c1-6(9)12-4-3-8(2)5-7(10)11/h3-5H2,1-2H3,(H,10,11). The van der Waals surface area contributed by atoms with Gasteiger partial charge in [-0.05, 0) is 7.05 Å². The van der Waals surface area contributed by atoms with Crippen LogP contribution in [-0.2, 0) is 14.3 Å². The Bertz CT molecular complexity index is 169. The predicted octanol–water partition coefficient (Wildman–Crippen LogP) is -0.434. The minimum atomic E-state index is -0.889. The van der Waals surface area contributed by atoms with Gasteiger partial charge in [0.05, 0.1) is 6.54 Å². The average molecular weight is 175 g/mol. The highest BCUT2D eigenvalue weighted by molar-refractivity contribution is 5.69. The highest BCUT2D eigenvalue weighted by Gasteiger charge is 2.03. The Morgan fingerprint density at radius 3 is 2.50 bits per heavy atom. The molecule has 70 valence electrons. The van der Waals surface area contributed by atoms with Crippen molar-refractivity contribution in [2.24, 2.45) is 0 Å². The second kappa shape index (κ2) is 5.54. The Morgan fingerprint density at radius 2 is 2.08 bits per heavy atom. The molecule has 0 aliphatic carbocycles. The molecule has 0 aliphatic rings. The molecule has 0 spiro atoms. The molecule has 0 aromatic rings. The number of likely N-dealkylation sites (N-methyl/N-ethyl adjacent to an activating group) is 1. The summed E-state index contributed by atoms with van der Waals surface area (Å²) in [6.07, 6.45) is 0. The number of carbonyl (C=O) groups is 2.